The van der Waals surface area contributed by atoms with Gasteiger partial charge in [0.25, 0.3) is 5.91 Å². The van der Waals surface area contributed by atoms with Crippen molar-refractivity contribution in [2.24, 2.45) is 0 Å². The minimum absolute atomic E-state index is 0.0200. The molecule has 0 bridgehead atoms. The molecule has 1 aliphatic rings. The molecule has 3 aromatic rings. The van der Waals surface area contributed by atoms with Crippen LogP contribution in [-0.2, 0) is 19.6 Å². The van der Waals surface area contributed by atoms with Gasteiger partial charge in [-0.1, -0.05) is 5.16 Å². The molecular formula is C18H16N4O3. The van der Waals surface area contributed by atoms with Crippen molar-refractivity contribution < 1.29 is 14.1 Å². The van der Waals surface area contributed by atoms with Crippen LogP contribution in [0.4, 0.5) is 0 Å². The van der Waals surface area contributed by atoms with E-state index >= 15 is 0 Å². The lowest BCUT2D eigenvalue weighted by molar-refractivity contribution is 0.0728. The fourth-order valence-corrected chi connectivity index (χ4v) is 2.81. The van der Waals surface area contributed by atoms with Crippen LogP contribution in [0.2, 0.25) is 0 Å². The Kier molecular flexibility index (Phi) is 4.12. The molecule has 7 heteroatoms. The molecule has 126 valence electrons. The van der Waals surface area contributed by atoms with Crippen molar-refractivity contribution in [3.05, 3.63) is 71.6 Å². The molecule has 25 heavy (non-hydrogen) atoms. The summed E-state index contributed by atoms with van der Waals surface area (Å²) in [6.07, 6.45) is 7.22. The third-order valence-electron chi connectivity index (χ3n) is 4.13. The van der Waals surface area contributed by atoms with E-state index in [9.17, 15) is 4.79 Å². The minimum atomic E-state index is -0.0200. The van der Waals surface area contributed by atoms with Crippen molar-refractivity contribution in [2.75, 3.05) is 6.54 Å². The number of ether oxygens (including phenoxy) is 1. The molecule has 0 radical (unpaired) electrons. The summed E-state index contributed by atoms with van der Waals surface area (Å²) < 4.78 is 11.1. The lowest BCUT2D eigenvalue weighted by Crippen LogP contribution is -2.36. The van der Waals surface area contributed by atoms with Crippen molar-refractivity contribution in [3.63, 3.8) is 0 Å². The predicted octanol–water partition coefficient (Wildman–Crippen LogP) is 2.24. The van der Waals surface area contributed by atoms with Crippen LogP contribution in [0.15, 0.2) is 53.6 Å². The van der Waals surface area contributed by atoms with Crippen LogP contribution in [0.25, 0.3) is 0 Å². The summed E-state index contributed by atoms with van der Waals surface area (Å²) in [4.78, 5) is 22.4. The molecule has 0 aliphatic carbocycles. The molecule has 0 aromatic carbocycles. The quantitative estimate of drug-likeness (QED) is 0.727. The maximum absolute atomic E-state index is 12.6. The van der Waals surface area contributed by atoms with Crippen LogP contribution < -0.4 is 4.74 Å². The van der Waals surface area contributed by atoms with E-state index in [0.717, 1.165) is 11.3 Å². The first kappa shape index (κ1) is 15.3. The smallest absolute Gasteiger partial charge is 0.254 e. The monoisotopic (exact) mass is 336 g/mol. The van der Waals surface area contributed by atoms with E-state index in [-0.39, 0.29) is 12.5 Å². The van der Waals surface area contributed by atoms with Crippen molar-refractivity contribution in [3.8, 4) is 5.75 Å². The van der Waals surface area contributed by atoms with Crippen molar-refractivity contribution in [1.82, 2.24) is 20.0 Å². The van der Waals surface area contributed by atoms with E-state index in [0.29, 0.717) is 36.5 Å². The van der Waals surface area contributed by atoms with Gasteiger partial charge in [-0.2, -0.15) is 0 Å². The highest BCUT2D eigenvalue weighted by molar-refractivity contribution is 5.94. The van der Waals surface area contributed by atoms with Gasteiger partial charge in [-0.15, -0.1) is 0 Å². The number of hydrogen-bond acceptors (Lipinski definition) is 6. The van der Waals surface area contributed by atoms with Crippen LogP contribution in [0.1, 0.15) is 27.4 Å². The number of pyridine rings is 2. The van der Waals surface area contributed by atoms with Crippen LogP contribution in [0, 0.1) is 0 Å². The Hall–Kier alpha value is -3.22. The third kappa shape index (κ3) is 3.21. The van der Waals surface area contributed by atoms with Gasteiger partial charge >= 0.3 is 0 Å². The lowest BCUT2D eigenvalue weighted by atomic mass is 10.1. The second-order valence-electron chi connectivity index (χ2n) is 5.72. The molecule has 1 amide bonds. The predicted molar refractivity (Wildman–Crippen MR) is 87.8 cm³/mol. The molecule has 0 fully saturated rings. The zero-order valence-electron chi connectivity index (χ0n) is 13.5. The zero-order valence-corrected chi connectivity index (χ0v) is 13.5. The SMILES string of the molecule is O=C(c1ccncc1)N1CCc2onc(COc3cccnc3)c2C1. The number of rotatable bonds is 4. The Morgan fingerprint density at radius 2 is 2.08 bits per heavy atom. The Morgan fingerprint density at radius 1 is 1.20 bits per heavy atom. The van der Waals surface area contributed by atoms with Gasteiger partial charge in [0.15, 0.2) is 0 Å². The minimum Gasteiger partial charge on any atom is -0.486 e. The van der Waals surface area contributed by atoms with Gasteiger partial charge in [0.1, 0.15) is 23.8 Å². The van der Waals surface area contributed by atoms with Crippen LogP contribution in [0.5, 0.6) is 5.75 Å². The van der Waals surface area contributed by atoms with E-state index < -0.39 is 0 Å². The first-order valence-electron chi connectivity index (χ1n) is 7.99. The molecule has 0 atom stereocenters. The van der Waals surface area contributed by atoms with Crippen molar-refractivity contribution >= 4 is 5.91 Å². The van der Waals surface area contributed by atoms with E-state index in [1.54, 1.807) is 41.8 Å². The standard InChI is InChI=1S/C18H16N4O3/c23-18(13-3-7-19-8-4-13)22-9-5-17-15(11-22)16(21-25-17)12-24-14-2-1-6-20-10-14/h1-4,6-8,10H,5,9,11-12H2. The molecule has 0 spiro atoms. The number of carbonyl (C=O) groups is 1. The Balaban J connectivity index is 1.49. The summed E-state index contributed by atoms with van der Waals surface area (Å²) in [7, 11) is 0. The van der Waals surface area contributed by atoms with E-state index in [4.69, 9.17) is 9.26 Å². The summed E-state index contributed by atoms with van der Waals surface area (Å²) in [6.45, 7) is 1.35. The molecule has 0 saturated heterocycles. The van der Waals surface area contributed by atoms with Gasteiger partial charge in [-0.3, -0.25) is 14.8 Å². The summed E-state index contributed by atoms with van der Waals surface area (Å²) in [5.41, 5.74) is 2.27. The van der Waals surface area contributed by atoms with Gasteiger partial charge in [0.05, 0.1) is 12.7 Å². The van der Waals surface area contributed by atoms with Crippen LogP contribution in [-0.4, -0.2) is 32.5 Å². The Bertz CT molecular complexity index is 865. The molecule has 4 rings (SSSR count). The number of nitrogens with zero attached hydrogens (tertiary/aromatic N) is 4. The van der Waals surface area contributed by atoms with Gasteiger partial charge in [0, 0.05) is 42.7 Å². The molecule has 0 unspecified atom stereocenters. The second kappa shape index (κ2) is 6.72. The number of hydrogen-bond donors (Lipinski definition) is 0. The van der Waals surface area contributed by atoms with Gasteiger partial charge in [0.2, 0.25) is 0 Å². The van der Waals surface area contributed by atoms with Crippen LogP contribution >= 0.6 is 0 Å². The fourth-order valence-electron chi connectivity index (χ4n) is 2.81. The largest absolute Gasteiger partial charge is 0.486 e. The zero-order chi connectivity index (χ0) is 17.1. The van der Waals surface area contributed by atoms with Crippen molar-refractivity contribution in [2.45, 2.75) is 19.6 Å². The maximum Gasteiger partial charge on any atom is 0.254 e. The summed E-state index contributed by atoms with van der Waals surface area (Å²) in [5.74, 6) is 1.47. The lowest BCUT2D eigenvalue weighted by Gasteiger charge is -2.26. The highest BCUT2D eigenvalue weighted by Gasteiger charge is 2.27. The first-order chi connectivity index (χ1) is 12.3. The average molecular weight is 336 g/mol. The first-order valence-corrected chi connectivity index (χ1v) is 7.99. The average Bonchev–Trinajstić information content (AvgIpc) is 3.09. The number of fused-ring (bicyclic) bond motifs is 1. The number of carbonyl (C=O) groups excluding carboxylic acids is 1. The molecule has 3 aromatic heterocycles. The molecule has 1 aliphatic heterocycles. The molecule has 0 saturated carbocycles. The molecule has 0 N–H and O–H groups in total. The highest BCUT2D eigenvalue weighted by atomic mass is 16.5. The molecule has 7 nitrogen and oxygen atoms in total. The normalized spacial score (nSPS) is 13.4. The molecule has 4 heterocycles. The van der Waals surface area contributed by atoms with E-state index in [1.165, 1.54) is 0 Å². The fraction of sp³-hybridized carbons (Fsp3) is 0.222. The summed E-state index contributed by atoms with van der Waals surface area (Å²) in [6, 6.07) is 7.08. The second-order valence-corrected chi connectivity index (χ2v) is 5.72. The van der Waals surface area contributed by atoms with E-state index in [2.05, 4.69) is 15.1 Å². The Labute approximate surface area is 144 Å². The van der Waals surface area contributed by atoms with Gasteiger partial charge < -0.3 is 14.2 Å². The molecular weight excluding hydrogens is 320 g/mol. The summed E-state index contributed by atoms with van der Waals surface area (Å²) in [5, 5.41) is 4.11. The number of amides is 1. The third-order valence-corrected chi connectivity index (χ3v) is 4.13. The number of aromatic nitrogens is 3. The Morgan fingerprint density at radius 3 is 2.88 bits per heavy atom. The maximum atomic E-state index is 12.6. The van der Waals surface area contributed by atoms with Gasteiger partial charge in [-0.05, 0) is 24.3 Å². The van der Waals surface area contributed by atoms with E-state index in [1.807, 2.05) is 12.1 Å². The topological polar surface area (TPSA) is 81.4 Å². The highest BCUT2D eigenvalue weighted by Crippen LogP contribution is 2.24. The van der Waals surface area contributed by atoms with Crippen LogP contribution in [0.3, 0.4) is 0 Å². The van der Waals surface area contributed by atoms with Gasteiger partial charge in [-0.25, -0.2) is 0 Å². The summed E-state index contributed by atoms with van der Waals surface area (Å²) >= 11 is 0. The van der Waals surface area contributed by atoms with Crippen molar-refractivity contribution in [1.29, 1.82) is 0 Å².